The van der Waals surface area contributed by atoms with Gasteiger partial charge in [-0.15, -0.1) is 0 Å². The first-order chi connectivity index (χ1) is 13.8. The van der Waals surface area contributed by atoms with E-state index in [4.69, 9.17) is 0 Å². The van der Waals surface area contributed by atoms with E-state index in [0.717, 1.165) is 55.1 Å². The number of carbonyl (C=O) groups excluding carboxylic acids is 2. The van der Waals surface area contributed by atoms with Gasteiger partial charge >= 0.3 is 0 Å². The first-order valence-corrected chi connectivity index (χ1v) is 12.5. The van der Waals surface area contributed by atoms with Crippen LogP contribution in [0, 0.1) is 46.3 Å². The lowest BCUT2D eigenvalue weighted by molar-refractivity contribution is -0.117. The zero-order valence-electron chi connectivity index (χ0n) is 19.2. The van der Waals surface area contributed by atoms with Crippen LogP contribution in [0.2, 0.25) is 0 Å². The summed E-state index contributed by atoms with van der Waals surface area (Å²) < 4.78 is 0. The van der Waals surface area contributed by atoms with E-state index in [1.165, 1.54) is 56.9 Å². The van der Waals surface area contributed by atoms with E-state index in [9.17, 15) is 9.59 Å². The summed E-state index contributed by atoms with van der Waals surface area (Å²) >= 11 is 0. The number of allylic oxidation sites excluding steroid dienone is 1. The van der Waals surface area contributed by atoms with E-state index < -0.39 is 0 Å². The largest absolute Gasteiger partial charge is 0.303 e. The van der Waals surface area contributed by atoms with E-state index in [0.29, 0.717) is 16.6 Å². The van der Waals surface area contributed by atoms with Crippen molar-refractivity contribution in [1.82, 2.24) is 0 Å². The van der Waals surface area contributed by atoms with Crippen LogP contribution in [0.15, 0.2) is 11.6 Å². The first kappa shape index (κ1) is 21.3. The van der Waals surface area contributed by atoms with Crippen LogP contribution in [-0.2, 0) is 9.59 Å². The average Bonchev–Trinajstić information content (AvgIpc) is 3.05. The molecule has 4 rings (SSSR count). The Hall–Kier alpha value is -0.920. The quantitative estimate of drug-likeness (QED) is 0.462. The van der Waals surface area contributed by atoms with E-state index in [2.05, 4.69) is 27.7 Å². The summed E-state index contributed by atoms with van der Waals surface area (Å²) in [5.41, 5.74) is 2.30. The molecule has 4 unspecified atom stereocenters. The minimum Gasteiger partial charge on any atom is -0.303 e. The van der Waals surface area contributed by atoms with Crippen molar-refractivity contribution < 1.29 is 9.59 Å². The second-order valence-electron chi connectivity index (χ2n) is 11.7. The molecule has 3 saturated carbocycles. The number of hydrogen-bond donors (Lipinski definition) is 0. The van der Waals surface area contributed by atoms with E-state index in [-0.39, 0.29) is 5.92 Å². The molecule has 0 heterocycles. The van der Waals surface area contributed by atoms with Gasteiger partial charge in [0.15, 0.2) is 5.78 Å². The Morgan fingerprint density at radius 3 is 2.59 bits per heavy atom. The molecule has 0 aliphatic heterocycles. The minimum atomic E-state index is 0.220. The number of carbonyl (C=O) groups is 2. The number of aldehydes is 1. The van der Waals surface area contributed by atoms with Crippen molar-refractivity contribution in [3.63, 3.8) is 0 Å². The van der Waals surface area contributed by atoms with Gasteiger partial charge in [-0.2, -0.15) is 0 Å². The highest BCUT2D eigenvalue weighted by atomic mass is 16.1. The Morgan fingerprint density at radius 2 is 1.83 bits per heavy atom. The molecule has 0 aromatic carbocycles. The molecule has 0 aromatic rings. The number of hydrogen-bond acceptors (Lipinski definition) is 2. The molecule has 162 valence electrons. The number of rotatable bonds is 6. The molecule has 0 saturated heterocycles. The molecule has 0 bridgehead atoms. The fourth-order valence-corrected chi connectivity index (χ4v) is 8.57. The molecule has 0 aromatic heterocycles. The molecule has 0 N–H and O–H groups in total. The summed E-state index contributed by atoms with van der Waals surface area (Å²) in [5, 5.41) is 0. The number of fused-ring (bicyclic) bond motifs is 5. The molecular formula is C27H42O2. The minimum absolute atomic E-state index is 0.220. The van der Waals surface area contributed by atoms with Gasteiger partial charge in [-0.05, 0) is 97.9 Å². The molecule has 2 heteroatoms. The summed E-state index contributed by atoms with van der Waals surface area (Å²) in [6.07, 6.45) is 16.6. The zero-order valence-corrected chi connectivity index (χ0v) is 19.2. The van der Waals surface area contributed by atoms with Gasteiger partial charge in [-0.1, -0.05) is 46.1 Å². The maximum absolute atomic E-state index is 12.0. The Morgan fingerprint density at radius 1 is 1.03 bits per heavy atom. The molecule has 0 amide bonds. The molecule has 0 radical (unpaired) electrons. The van der Waals surface area contributed by atoms with Crippen molar-refractivity contribution in [2.45, 2.75) is 98.3 Å². The van der Waals surface area contributed by atoms with Crippen LogP contribution in [0.5, 0.6) is 0 Å². The van der Waals surface area contributed by atoms with Crippen LogP contribution in [0.1, 0.15) is 98.3 Å². The normalized spacial score (nSPS) is 43.6. The van der Waals surface area contributed by atoms with Gasteiger partial charge in [0.2, 0.25) is 0 Å². The fourth-order valence-electron chi connectivity index (χ4n) is 8.57. The summed E-state index contributed by atoms with van der Waals surface area (Å²) in [5.74, 6) is 4.79. The molecule has 0 spiro atoms. The third-order valence-corrected chi connectivity index (χ3v) is 10.3. The van der Waals surface area contributed by atoms with Crippen LogP contribution in [-0.4, -0.2) is 12.1 Å². The second-order valence-corrected chi connectivity index (χ2v) is 11.7. The lowest BCUT2D eigenvalue weighted by Crippen LogP contribution is -2.50. The predicted octanol–water partition coefficient (Wildman–Crippen LogP) is 6.78. The summed E-state index contributed by atoms with van der Waals surface area (Å²) in [6.45, 7) is 9.67. The highest BCUT2D eigenvalue weighted by molar-refractivity contribution is 5.91. The smallest absolute Gasteiger partial charge is 0.155 e. The zero-order chi connectivity index (χ0) is 20.8. The van der Waals surface area contributed by atoms with Crippen LogP contribution >= 0.6 is 0 Å². The maximum Gasteiger partial charge on any atom is 0.155 e. The van der Waals surface area contributed by atoms with Crippen molar-refractivity contribution in [3.8, 4) is 0 Å². The van der Waals surface area contributed by atoms with Crippen molar-refractivity contribution in [1.29, 1.82) is 0 Å². The van der Waals surface area contributed by atoms with Gasteiger partial charge in [0.25, 0.3) is 0 Å². The van der Waals surface area contributed by atoms with Crippen LogP contribution in [0.3, 0.4) is 0 Å². The summed E-state index contributed by atoms with van der Waals surface area (Å²) in [4.78, 5) is 23.0. The van der Waals surface area contributed by atoms with Gasteiger partial charge in [0, 0.05) is 12.3 Å². The Bertz CT molecular complexity index is 678. The Kier molecular flexibility index (Phi) is 5.86. The Labute approximate surface area is 178 Å². The molecule has 3 fully saturated rings. The number of ketones is 1. The van der Waals surface area contributed by atoms with Gasteiger partial charge in [0.1, 0.15) is 6.29 Å². The average molecular weight is 399 g/mol. The first-order valence-electron chi connectivity index (χ1n) is 12.5. The fraction of sp³-hybridized carbons (Fsp3) is 0.852. The standard InChI is InChI=1S/C27H42O2/c1-18(17-28)6-5-7-19(2)23-10-11-24-22-9-8-20-16-21(29)12-14-26(20,3)25(22)13-15-27(23,24)4/h16-19,22-25H,5-15H2,1-4H3/t18-,19?,22?,23+,24?,25?,26-,27+/m0/s1. The molecule has 2 nitrogen and oxygen atoms in total. The van der Waals surface area contributed by atoms with Crippen molar-refractivity contribution >= 4 is 12.1 Å². The van der Waals surface area contributed by atoms with Crippen LogP contribution in [0.25, 0.3) is 0 Å². The van der Waals surface area contributed by atoms with Gasteiger partial charge in [0.05, 0.1) is 0 Å². The third-order valence-electron chi connectivity index (χ3n) is 10.3. The summed E-state index contributed by atoms with van der Waals surface area (Å²) in [7, 11) is 0. The summed E-state index contributed by atoms with van der Waals surface area (Å²) in [6, 6.07) is 0. The molecular weight excluding hydrogens is 356 g/mol. The molecule has 4 aliphatic rings. The second kappa shape index (κ2) is 7.97. The van der Waals surface area contributed by atoms with Crippen LogP contribution in [0.4, 0.5) is 0 Å². The highest BCUT2D eigenvalue weighted by Crippen LogP contribution is 2.67. The van der Waals surface area contributed by atoms with Crippen molar-refractivity contribution in [2.24, 2.45) is 46.3 Å². The lowest BCUT2D eigenvalue weighted by Gasteiger charge is -2.58. The lowest BCUT2D eigenvalue weighted by atomic mass is 9.46. The highest BCUT2D eigenvalue weighted by Gasteiger charge is 2.59. The van der Waals surface area contributed by atoms with Gasteiger partial charge in [-0.3, -0.25) is 4.79 Å². The van der Waals surface area contributed by atoms with Crippen LogP contribution < -0.4 is 0 Å². The SMILES string of the molecule is CC(CCC[C@H](C)C=O)[C@H]1CCC2C3CCC4=CC(=O)CC[C@]4(C)C3CC[C@@]21C. The third kappa shape index (κ3) is 3.57. The predicted molar refractivity (Wildman–Crippen MR) is 118 cm³/mol. The monoisotopic (exact) mass is 398 g/mol. The van der Waals surface area contributed by atoms with Gasteiger partial charge < -0.3 is 4.79 Å². The molecule has 4 aliphatic carbocycles. The van der Waals surface area contributed by atoms with Crippen molar-refractivity contribution in [2.75, 3.05) is 0 Å². The van der Waals surface area contributed by atoms with E-state index in [1.807, 2.05) is 6.08 Å². The molecule has 29 heavy (non-hydrogen) atoms. The Balaban J connectivity index is 1.47. The van der Waals surface area contributed by atoms with Gasteiger partial charge in [-0.25, -0.2) is 0 Å². The van der Waals surface area contributed by atoms with Crippen molar-refractivity contribution in [3.05, 3.63) is 11.6 Å². The van der Waals surface area contributed by atoms with E-state index >= 15 is 0 Å². The van der Waals surface area contributed by atoms with E-state index in [1.54, 1.807) is 0 Å². The molecule has 8 atom stereocenters. The maximum atomic E-state index is 12.0. The topological polar surface area (TPSA) is 34.1 Å².